The Morgan fingerprint density at radius 2 is 1.35 bits per heavy atom. The summed E-state index contributed by atoms with van der Waals surface area (Å²) in [5.41, 5.74) is 19.9. The molecule has 2 heterocycles. The van der Waals surface area contributed by atoms with Crippen molar-refractivity contribution in [2.45, 2.75) is 128 Å². The monoisotopic (exact) mass is 1100 g/mol. The lowest BCUT2D eigenvalue weighted by Gasteiger charge is -2.33. The van der Waals surface area contributed by atoms with E-state index < -0.39 is 120 Å². The number of carbonyl (C=O) groups excluding carboxylic acids is 10. The first-order valence-corrected chi connectivity index (χ1v) is 27.0. The van der Waals surface area contributed by atoms with Crippen LogP contribution in [-0.4, -0.2) is 158 Å². The number of aromatic amines is 2. The number of carbonyl (C=O) groups is 10. The average molecular weight is 1100 g/mol. The molecule has 0 saturated carbocycles. The van der Waals surface area contributed by atoms with E-state index >= 15 is 0 Å². The third kappa shape index (κ3) is 18.7. The molecule has 4 aromatic rings. The number of nitrogens with two attached hydrogens (primary N) is 3. The Morgan fingerprint density at radius 3 is 1.96 bits per heavy atom. The molecule has 0 unspecified atom stereocenters. The van der Waals surface area contributed by atoms with Gasteiger partial charge in [0.1, 0.15) is 42.3 Å². The first-order chi connectivity index (χ1) is 36.9. The smallest absolute Gasteiger partial charge is 0.246 e. The van der Waals surface area contributed by atoms with E-state index in [4.69, 9.17) is 17.2 Å². The molecular weight excluding hydrogens is 1020 g/mol. The van der Waals surface area contributed by atoms with Crippen LogP contribution in [-0.2, 0) is 67.2 Å². The van der Waals surface area contributed by atoms with Gasteiger partial charge in [0.25, 0.3) is 0 Å². The number of para-hydroxylation sites is 1. The molecular formula is C53H76N14O10S. The van der Waals surface area contributed by atoms with Crippen molar-refractivity contribution < 1.29 is 47.9 Å². The van der Waals surface area contributed by atoms with E-state index in [2.05, 4.69) is 46.9 Å². The molecule has 14 N–H and O–H groups in total. The molecule has 4 rings (SSSR count). The summed E-state index contributed by atoms with van der Waals surface area (Å²) in [5.74, 6) is -7.75. The number of likely N-dealkylation sites (N-methyl/N-ethyl adjacent to an activating group) is 1. The highest BCUT2D eigenvalue weighted by Crippen LogP contribution is 2.20. The number of hydrogen-bond acceptors (Lipinski definition) is 13. The minimum Gasteiger partial charge on any atom is -0.370 e. The number of primary amides is 2. The minimum atomic E-state index is -1.36. The lowest BCUT2D eigenvalue weighted by atomic mass is 10.0. The van der Waals surface area contributed by atoms with Crippen LogP contribution in [0.5, 0.6) is 0 Å². The van der Waals surface area contributed by atoms with E-state index in [0.29, 0.717) is 11.3 Å². The van der Waals surface area contributed by atoms with Crippen molar-refractivity contribution in [3.05, 3.63) is 90.1 Å². The Hall–Kier alpha value is -7.80. The van der Waals surface area contributed by atoms with Crippen LogP contribution in [0.3, 0.4) is 0 Å². The number of nitrogens with one attached hydrogen (secondary N) is 8. The maximum absolute atomic E-state index is 14.2. The zero-order chi connectivity index (χ0) is 57.8. The van der Waals surface area contributed by atoms with Gasteiger partial charge in [0, 0.05) is 55.3 Å². The topological polar surface area (TPSA) is 372 Å². The summed E-state index contributed by atoms with van der Waals surface area (Å²) in [4.78, 5) is 148. The molecule has 424 valence electrons. The highest BCUT2D eigenvalue weighted by atomic mass is 32.2. The lowest BCUT2D eigenvalue weighted by molar-refractivity contribution is -0.143. The second-order valence-electron chi connectivity index (χ2n) is 20.0. The predicted octanol–water partition coefficient (Wildman–Crippen LogP) is -0.376. The van der Waals surface area contributed by atoms with Gasteiger partial charge >= 0.3 is 0 Å². The highest BCUT2D eigenvalue weighted by molar-refractivity contribution is 7.98. The molecule has 2 aromatic heterocycles. The average Bonchev–Trinajstić information content (AvgIpc) is 4.09. The Bertz CT molecular complexity index is 2700. The number of thioether (sulfide) groups is 1. The standard InChI is InChI=1S/C53H76N14O10S/c1-29(2)20-41(53(77)67(28-78-8)32(6)46(56)70)64-51(75)42(23-35-25-57-27-60-35)66(7)44(69)26-59-52(76)45(30(3)4)65-47(71)31(5)61-50(74)40(22-34-24-58-38-17-13-12-16-36(34)38)63-49(73)39(18-19-43(55)68)62-48(72)37(54)21-33-14-10-9-11-15-33/h9-17,24-25,27,29-32,37,39-42,45,58H,18-23,26,28,54H2,1-8H3,(H2,55,68)(H2,56,70)(H,57,60)(H,59,76)(H,61,74)(H,62,72)(H,63,73)(H,64,75)(H,65,71)/t31-,32-,37+,39-,40-,41-,42-,45-/m0/s1. The summed E-state index contributed by atoms with van der Waals surface area (Å²) in [5, 5.41) is 16.7. The summed E-state index contributed by atoms with van der Waals surface area (Å²) >= 11 is 1.29. The number of fused-ring (bicyclic) bond motifs is 1. The predicted molar refractivity (Wildman–Crippen MR) is 294 cm³/mol. The van der Waals surface area contributed by atoms with Gasteiger partial charge in [0.15, 0.2) is 0 Å². The largest absolute Gasteiger partial charge is 0.370 e. The molecule has 25 heteroatoms. The van der Waals surface area contributed by atoms with E-state index in [1.807, 2.05) is 38.1 Å². The van der Waals surface area contributed by atoms with Gasteiger partial charge in [-0.15, -0.1) is 11.8 Å². The Balaban J connectivity index is 1.48. The van der Waals surface area contributed by atoms with Crippen LogP contribution in [0.25, 0.3) is 10.9 Å². The van der Waals surface area contributed by atoms with Gasteiger partial charge in [-0.3, -0.25) is 47.9 Å². The molecule has 24 nitrogen and oxygen atoms in total. The molecule has 10 amide bonds. The Labute approximate surface area is 458 Å². The number of nitrogens with zero attached hydrogens (tertiary/aromatic N) is 3. The number of amides is 10. The lowest BCUT2D eigenvalue weighted by Crippen LogP contribution is -2.60. The fourth-order valence-electron chi connectivity index (χ4n) is 8.39. The van der Waals surface area contributed by atoms with Gasteiger partial charge in [-0.05, 0) is 68.4 Å². The quantitative estimate of drug-likeness (QED) is 0.0287. The molecule has 0 aliphatic heterocycles. The van der Waals surface area contributed by atoms with Gasteiger partial charge in [-0.25, -0.2) is 4.98 Å². The van der Waals surface area contributed by atoms with Gasteiger partial charge in [-0.1, -0.05) is 76.2 Å². The van der Waals surface area contributed by atoms with Crippen molar-refractivity contribution in [1.82, 2.24) is 56.7 Å². The van der Waals surface area contributed by atoms with Crippen molar-refractivity contribution in [2.24, 2.45) is 29.0 Å². The molecule has 0 saturated heterocycles. The molecule has 0 aliphatic rings. The van der Waals surface area contributed by atoms with Crippen molar-refractivity contribution in [3.8, 4) is 0 Å². The number of H-pyrrole nitrogens is 2. The van der Waals surface area contributed by atoms with E-state index in [1.54, 1.807) is 56.6 Å². The van der Waals surface area contributed by atoms with Crippen molar-refractivity contribution >= 4 is 81.7 Å². The SMILES string of the molecule is CSCN(C(=O)[C@H](CC(C)C)NC(=O)[C@H](Cc1cnc[nH]1)N(C)C(=O)CNC(=O)[C@@H](NC(=O)[C@H](C)NC(=O)[C@H](Cc1c[nH]c2ccccc12)NC(=O)[C@H](CCC(N)=O)NC(=O)[C@H](N)Cc1ccccc1)C(C)C)[C@@H](C)C(N)=O. The van der Waals surface area contributed by atoms with Crippen LogP contribution in [0.1, 0.15) is 77.6 Å². The molecule has 8 atom stereocenters. The van der Waals surface area contributed by atoms with E-state index in [0.717, 1.165) is 21.4 Å². The van der Waals surface area contributed by atoms with Crippen molar-refractivity contribution in [1.29, 1.82) is 0 Å². The number of imidazole rings is 1. The van der Waals surface area contributed by atoms with Crippen LogP contribution < -0.4 is 49.1 Å². The second-order valence-corrected chi connectivity index (χ2v) is 20.8. The maximum Gasteiger partial charge on any atom is 0.246 e. The molecule has 0 radical (unpaired) electrons. The van der Waals surface area contributed by atoms with Crippen molar-refractivity contribution in [2.75, 3.05) is 25.7 Å². The normalized spacial score (nSPS) is 14.3. The van der Waals surface area contributed by atoms with Crippen LogP contribution >= 0.6 is 11.8 Å². The van der Waals surface area contributed by atoms with E-state index in [9.17, 15) is 47.9 Å². The Morgan fingerprint density at radius 1 is 0.705 bits per heavy atom. The maximum atomic E-state index is 14.2. The zero-order valence-electron chi connectivity index (χ0n) is 45.4. The Kier molecular flexibility index (Phi) is 24.3. The summed E-state index contributed by atoms with van der Waals surface area (Å²) < 4.78 is 0. The second kappa shape index (κ2) is 30.2. The molecule has 0 aliphatic carbocycles. The van der Waals surface area contributed by atoms with Crippen LogP contribution in [0.15, 0.2) is 73.3 Å². The van der Waals surface area contributed by atoms with Crippen LogP contribution in [0, 0.1) is 11.8 Å². The first kappa shape index (κ1) is 62.7. The molecule has 0 spiro atoms. The summed E-state index contributed by atoms with van der Waals surface area (Å²) in [6.45, 7) is 9.29. The number of rotatable bonds is 31. The third-order valence-corrected chi connectivity index (χ3v) is 13.5. The summed E-state index contributed by atoms with van der Waals surface area (Å²) in [7, 11) is 1.36. The van der Waals surface area contributed by atoms with E-state index in [-0.39, 0.29) is 50.3 Å². The van der Waals surface area contributed by atoms with Gasteiger partial charge in [0.2, 0.25) is 59.1 Å². The molecule has 0 bridgehead atoms. The zero-order valence-corrected chi connectivity index (χ0v) is 46.2. The number of aromatic nitrogens is 3. The van der Waals surface area contributed by atoms with Crippen molar-refractivity contribution in [3.63, 3.8) is 0 Å². The summed E-state index contributed by atoms with van der Waals surface area (Å²) in [6.07, 6.45) is 5.99. The minimum absolute atomic E-state index is 0.0617. The summed E-state index contributed by atoms with van der Waals surface area (Å²) in [6, 6.07) is 6.65. The molecule has 78 heavy (non-hydrogen) atoms. The van der Waals surface area contributed by atoms with Gasteiger partial charge in [-0.2, -0.15) is 0 Å². The highest BCUT2D eigenvalue weighted by Gasteiger charge is 2.37. The third-order valence-electron chi connectivity index (χ3n) is 13.0. The van der Waals surface area contributed by atoms with Gasteiger partial charge in [0.05, 0.1) is 24.8 Å². The van der Waals surface area contributed by atoms with Crippen LogP contribution in [0.4, 0.5) is 0 Å². The molecule has 0 fully saturated rings. The van der Waals surface area contributed by atoms with E-state index in [1.165, 1.54) is 50.1 Å². The fourth-order valence-corrected chi connectivity index (χ4v) is 9.02. The molecule has 2 aromatic carbocycles. The van der Waals surface area contributed by atoms with Gasteiger partial charge < -0.3 is 68.9 Å². The number of hydrogen-bond donors (Lipinski definition) is 11. The first-order valence-electron chi connectivity index (χ1n) is 25.7. The fraction of sp³-hybridized carbons (Fsp3) is 0.491. The number of benzene rings is 2. The van der Waals surface area contributed by atoms with Crippen LogP contribution in [0.2, 0.25) is 0 Å².